The van der Waals surface area contributed by atoms with E-state index in [0.29, 0.717) is 0 Å². The first-order valence-electron chi connectivity index (χ1n) is 4.82. The van der Waals surface area contributed by atoms with Gasteiger partial charge < -0.3 is 4.74 Å². The minimum absolute atomic E-state index is 0.140. The fourth-order valence-electron chi connectivity index (χ4n) is 1.35. The monoisotopic (exact) mass is 299 g/mol. The van der Waals surface area contributed by atoms with Gasteiger partial charge in [0, 0.05) is 16.2 Å². The van der Waals surface area contributed by atoms with E-state index in [4.69, 9.17) is 0 Å². The molecule has 0 N–H and O–H groups in total. The number of alkyl halides is 2. The smallest absolute Gasteiger partial charge is 0.387 e. The van der Waals surface area contributed by atoms with Crippen molar-refractivity contribution in [2.24, 2.45) is 0 Å². The first-order valence-corrected chi connectivity index (χ1v) is 5.61. The van der Waals surface area contributed by atoms with E-state index in [2.05, 4.69) is 25.7 Å². The van der Waals surface area contributed by atoms with Crippen LogP contribution in [0.25, 0.3) is 11.3 Å². The Balaban J connectivity index is 2.20. The molecule has 88 valence electrons. The Kier molecular flexibility index (Phi) is 3.68. The molecule has 1 aromatic carbocycles. The summed E-state index contributed by atoms with van der Waals surface area (Å²) in [7, 11) is 0. The molecule has 5 heteroatoms. The Labute approximate surface area is 105 Å². The largest absolute Gasteiger partial charge is 0.435 e. The summed E-state index contributed by atoms with van der Waals surface area (Å²) in [6.07, 6.45) is 1.68. The zero-order valence-electron chi connectivity index (χ0n) is 8.61. The van der Waals surface area contributed by atoms with Crippen molar-refractivity contribution in [3.05, 3.63) is 47.1 Å². The summed E-state index contributed by atoms with van der Waals surface area (Å²) in [4.78, 5) is 4.20. The van der Waals surface area contributed by atoms with Crippen LogP contribution in [0.15, 0.2) is 47.1 Å². The van der Waals surface area contributed by atoms with Gasteiger partial charge in [0.2, 0.25) is 0 Å². The maximum absolute atomic E-state index is 11.9. The molecule has 0 amide bonds. The number of pyridine rings is 1. The van der Waals surface area contributed by atoms with Crippen LogP contribution < -0.4 is 4.74 Å². The fraction of sp³-hybridized carbons (Fsp3) is 0.0833. The van der Waals surface area contributed by atoms with Crippen LogP contribution in [0, 0.1) is 0 Å². The van der Waals surface area contributed by atoms with Gasteiger partial charge in [-0.15, -0.1) is 0 Å². The van der Waals surface area contributed by atoms with Crippen molar-refractivity contribution in [1.82, 2.24) is 4.98 Å². The number of rotatable bonds is 3. The van der Waals surface area contributed by atoms with E-state index in [1.807, 2.05) is 12.1 Å². The van der Waals surface area contributed by atoms with Crippen molar-refractivity contribution < 1.29 is 13.5 Å². The molecule has 1 aromatic heterocycles. The molecule has 2 nitrogen and oxygen atoms in total. The van der Waals surface area contributed by atoms with E-state index in [0.717, 1.165) is 15.7 Å². The third-order valence-electron chi connectivity index (χ3n) is 2.10. The normalized spacial score (nSPS) is 10.6. The van der Waals surface area contributed by atoms with Crippen molar-refractivity contribution >= 4 is 15.9 Å². The molecule has 0 atom stereocenters. The predicted octanol–water partition coefficient (Wildman–Crippen LogP) is 4.11. The number of hydrogen-bond donors (Lipinski definition) is 0. The average molecular weight is 300 g/mol. The maximum Gasteiger partial charge on any atom is 0.387 e. The molecular weight excluding hydrogens is 292 g/mol. The van der Waals surface area contributed by atoms with Crippen LogP contribution in [0.3, 0.4) is 0 Å². The van der Waals surface area contributed by atoms with Crippen LogP contribution in [0.1, 0.15) is 0 Å². The SMILES string of the molecule is FC(F)Oc1ccc(-c2ccc(Br)cn2)cc1. The van der Waals surface area contributed by atoms with E-state index in [1.54, 1.807) is 18.3 Å². The van der Waals surface area contributed by atoms with Gasteiger partial charge in [0.1, 0.15) is 5.75 Å². The lowest BCUT2D eigenvalue weighted by molar-refractivity contribution is -0.0498. The zero-order chi connectivity index (χ0) is 12.3. The highest BCUT2D eigenvalue weighted by Crippen LogP contribution is 2.22. The minimum Gasteiger partial charge on any atom is -0.435 e. The third-order valence-corrected chi connectivity index (χ3v) is 2.57. The van der Waals surface area contributed by atoms with Crippen molar-refractivity contribution in [2.45, 2.75) is 6.61 Å². The number of hydrogen-bond acceptors (Lipinski definition) is 2. The van der Waals surface area contributed by atoms with Crippen LogP contribution in [-0.4, -0.2) is 11.6 Å². The molecule has 0 aliphatic heterocycles. The van der Waals surface area contributed by atoms with Gasteiger partial charge in [-0.05, 0) is 52.3 Å². The topological polar surface area (TPSA) is 22.1 Å². The molecule has 0 radical (unpaired) electrons. The van der Waals surface area contributed by atoms with Gasteiger partial charge >= 0.3 is 6.61 Å². The molecule has 17 heavy (non-hydrogen) atoms. The summed E-state index contributed by atoms with van der Waals surface area (Å²) in [6, 6.07) is 10.1. The number of ether oxygens (including phenoxy) is 1. The molecule has 0 saturated heterocycles. The van der Waals surface area contributed by atoms with Crippen molar-refractivity contribution in [2.75, 3.05) is 0 Å². The van der Waals surface area contributed by atoms with Gasteiger partial charge in [-0.3, -0.25) is 4.98 Å². The third kappa shape index (κ3) is 3.23. The first-order chi connectivity index (χ1) is 8.15. The van der Waals surface area contributed by atoms with Gasteiger partial charge in [0.05, 0.1) is 5.69 Å². The molecule has 0 spiro atoms. The van der Waals surface area contributed by atoms with E-state index in [1.165, 1.54) is 12.1 Å². The Morgan fingerprint density at radius 2 is 1.76 bits per heavy atom. The molecule has 0 bridgehead atoms. The summed E-state index contributed by atoms with van der Waals surface area (Å²) >= 11 is 3.29. The molecular formula is C12H8BrF2NO. The van der Waals surface area contributed by atoms with Crippen LogP contribution in [0.5, 0.6) is 5.75 Å². The Morgan fingerprint density at radius 1 is 1.06 bits per heavy atom. The number of benzene rings is 1. The van der Waals surface area contributed by atoms with Crippen LogP contribution in [0.4, 0.5) is 8.78 Å². The highest BCUT2D eigenvalue weighted by atomic mass is 79.9. The van der Waals surface area contributed by atoms with Crippen LogP contribution in [0.2, 0.25) is 0 Å². The lowest BCUT2D eigenvalue weighted by atomic mass is 10.1. The maximum atomic E-state index is 11.9. The predicted molar refractivity (Wildman–Crippen MR) is 64.0 cm³/mol. The Morgan fingerprint density at radius 3 is 2.29 bits per heavy atom. The van der Waals surface area contributed by atoms with E-state index < -0.39 is 6.61 Å². The number of nitrogens with zero attached hydrogens (tertiary/aromatic N) is 1. The number of aromatic nitrogens is 1. The highest BCUT2D eigenvalue weighted by molar-refractivity contribution is 9.10. The van der Waals surface area contributed by atoms with Gasteiger partial charge in [-0.1, -0.05) is 0 Å². The second-order valence-corrected chi connectivity index (χ2v) is 4.18. The summed E-state index contributed by atoms with van der Waals surface area (Å²) in [5, 5.41) is 0. The summed E-state index contributed by atoms with van der Waals surface area (Å²) in [5.41, 5.74) is 1.62. The molecule has 1 heterocycles. The zero-order valence-corrected chi connectivity index (χ0v) is 10.2. The molecule has 0 fully saturated rings. The lowest BCUT2D eigenvalue weighted by Crippen LogP contribution is -2.01. The summed E-state index contributed by atoms with van der Waals surface area (Å²) < 4.78 is 29.0. The fourth-order valence-corrected chi connectivity index (χ4v) is 1.59. The minimum atomic E-state index is -2.80. The van der Waals surface area contributed by atoms with Gasteiger partial charge in [-0.25, -0.2) is 0 Å². The highest BCUT2D eigenvalue weighted by Gasteiger charge is 2.04. The molecule has 2 aromatic rings. The Hall–Kier alpha value is -1.49. The number of halogens is 3. The second-order valence-electron chi connectivity index (χ2n) is 3.26. The molecule has 0 saturated carbocycles. The van der Waals surface area contributed by atoms with Crippen LogP contribution in [-0.2, 0) is 0 Å². The summed E-state index contributed by atoms with van der Waals surface area (Å²) in [6.45, 7) is -2.80. The van der Waals surface area contributed by atoms with E-state index >= 15 is 0 Å². The van der Waals surface area contributed by atoms with E-state index in [9.17, 15) is 8.78 Å². The van der Waals surface area contributed by atoms with Crippen molar-refractivity contribution in [1.29, 1.82) is 0 Å². The van der Waals surface area contributed by atoms with Crippen molar-refractivity contribution in [3.8, 4) is 17.0 Å². The standard InChI is InChI=1S/C12H8BrF2NO/c13-9-3-6-11(16-7-9)8-1-4-10(5-2-8)17-12(14)15/h1-7,12H. The molecule has 0 unspecified atom stereocenters. The Bertz CT molecular complexity index is 485. The van der Waals surface area contributed by atoms with Gasteiger partial charge in [0.15, 0.2) is 0 Å². The van der Waals surface area contributed by atoms with E-state index in [-0.39, 0.29) is 5.75 Å². The molecule has 0 aliphatic rings. The van der Waals surface area contributed by atoms with Crippen molar-refractivity contribution in [3.63, 3.8) is 0 Å². The van der Waals surface area contributed by atoms with Gasteiger partial charge in [-0.2, -0.15) is 8.78 Å². The van der Waals surface area contributed by atoms with Gasteiger partial charge in [0.25, 0.3) is 0 Å². The first kappa shape index (κ1) is 12.0. The lowest BCUT2D eigenvalue weighted by Gasteiger charge is -2.05. The quantitative estimate of drug-likeness (QED) is 0.851. The summed E-state index contributed by atoms with van der Waals surface area (Å²) in [5.74, 6) is 0.140. The van der Waals surface area contributed by atoms with Crippen LogP contribution >= 0.6 is 15.9 Å². The average Bonchev–Trinajstić information content (AvgIpc) is 2.30. The second kappa shape index (κ2) is 5.23. The molecule has 2 rings (SSSR count). The molecule has 0 aliphatic carbocycles.